The predicted molar refractivity (Wildman–Crippen MR) is 52.1 cm³/mol. The number of hydrogen-bond donors (Lipinski definition) is 0. The third-order valence-electron chi connectivity index (χ3n) is 1.92. The Kier molecular flexibility index (Phi) is 2.88. The number of hydrogen-bond acceptors (Lipinski definition) is 2. The van der Waals surface area contributed by atoms with Gasteiger partial charge in [0, 0.05) is 11.6 Å². The number of rotatable bonds is 2. The van der Waals surface area contributed by atoms with E-state index in [2.05, 4.69) is 0 Å². The highest BCUT2D eigenvalue weighted by Gasteiger charge is 2.15. The van der Waals surface area contributed by atoms with Gasteiger partial charge < -0.3 is 0 Å². The normalized spacial score (nSPS) is 10.1. The molecule has 0 atom stereocenters. The van der Waals surface area contributed by atoms with E-state index in [-0.39, 0.29) is 11.6 Å². The Balaban J connectivity index is 3.38. The van der Waals surface area contributed by atoms with Crippen molar-refractivity contribution in [2.75, 3.05) is 0 Å². The summed E-state index contributed by atoms with van der Waals surface area (Å²) in [6.07, 6.45) is 0. The quantitative estimate of drug-likeness (QED) is 0.418. The summed E-state index contributed by atoms with van der Waals surface area (Å²) in [4.78, 5) is 10.2. The van der Waals surface area contributed by atoms with Crippen LogP contribution in [0.4, 0.5) is 5.69 Å². The molecule has 0 heterocycles. The van der Waals surface area contributed by atoms with Crippen molar-refractivity contribution in [3.63, 3.8) is 0 Å². The Bertz CT molecular complexity index is 350. The zero-order chi connectivity index (χ0) is 10.0. The Morgan fingerprint density at radius 2 is 2.08 bits per heavy atom. The smallest absolute Gasteiger partial charge is 0.258 e. The van der Waals surface area contributed by atoms with Crippen LogP contribution in [0, 0.1) is 24.0 Å². The summed E-state index contributed by atoms with van der Waals surface area (Å²) >= 11 is 5.63. The highest BCUT2D eigenvalue weighted by molar-refractivity contribution is 6.17. The van der Waals surface area contributed by atoms with Gasteiger partial charge in [-0.1, -0.05) is 6.07 Å². The average Bonchev–Trinajstić information content (AvgIpc) is 2.02. The number of benzene rings is 1. The van der Waals surface area contributed by atoms with Gasteiger partial charge in [0.1, 0.15) is 0 Å². The van der Waals surface area contributed by atoms with Crippen LogP contribution in [0.25, 0.3) is 0 Å². The van der Waals surface area contributed by atoms with Crippen LogP contribution in [0.1, 0.15) is 16.7 Å². The molecule has 0 spiro atoms. The van der Waals surface area contributed by atoms with Crippen molar-refractivity contribution in [2.24, 2.45) is 0 Å². The minimum atomic E-state index is -0.391. The molecular weight excluding hydrogens is 190 g/mol. The van der Waals surface area contributed by atoms with Crippen molar-refractivity contribution in [3.05, 3.63) is 38.9 Å². The highest BCUT2D eigenvalue weighted by Crippen LogP contribution is 2.25. The summed E-state index contributed by atoms with van der Waals surface area (Å²) in [5.74, 6) is 0.183. The first-order chi connectivity index (χ1) is 6.06. The molecule has 0 aromatic heterocycles. The Morgan fingerprint density at radius 1 is 1.46 bits per heavy atom. The average molecular weight is 200 g/mol. The molecule has 0 bridgehead atoms. The minimum Gasteiger partial charge on any atom is -0.258 e. The molecule has 0 unspecified atom stereocenters. The Morgan fingerprint density at radius 3 is 2.54 bits per heavy atom. The summed E-state index contributed by atoms with van der Waals surface area (Å²) in [5, 5.41) is 10.6. The summed E-state index contributed by atoms with van der Waals surface area (Å²) < 4.78 is 0. The van der Waals surface area contributed by atoms with Crippen molar-refractivity contribution >= 4 is 17.3 Å². The second-order valence-electron chi connectivity index (χ2n) is 2.97. The molecule has 0 aliphatic rings. The lowest BCUT2D eigenvalue weighted by atomic mass is 10.0. The second kappa shape index (κ2) is 3.75. The summed E-state index contributed by atoms with van der Waals surface area (Å²) in [6.45, 7) is 3.66. The third kappa shape index (κ3) is 1.98. The van der Waals surface area contributed by atoms with Gasteiger partial charge in [0.15, 0.2) is 0 Å². The molecule has 0 fully saturated rings. The maximum atomic E-state index is 10.6. The van der Waals surface area contributed by atoms with Crippen LogP contribution in [0.5, 0.6) is 0 Å². The molecule has 4 heteroatoms. The maximum absolute atomic E-state index is 10.6. The first kappa shape index (κ1) is 9.99. The molecule has 70 valence electrons. The Labute approximate surface area is 81.5 Å². The molecule has 13 heavy (non-hydrogen) atoms. The predicted octanol–water partition coefficient (Wildman–Crippen LogP) is 2.95. The number of nitrogens with zero attached hydrogens (tertiary/aromatic N) is 1. The molecule has 0 amide bonds. The van der Waals surface area contributed by atoms with E-state index >= 15 is 0 Å². The first-order valence-corrected chi connectivity index (χ1v) is 4.40. The van der Waals surface area contributed by atoms with Crippen molar-refractivity contribution in [1.82, 2.24) is 0 Å². The standard InChI is InChI=1S/C9H10ClNO2/c1-6-3-7(2)8(5-10)9(4-6)11(12)13/h3-4H,5H2,1-2H3. The van der Waals surface area contributed by atoms with E-state index in [0.717, 1.165) is 11.1 Å². The van der Waals surface area contributed by atoms with E-state index in [1.54, 1.807) is 6.07 Å². The molecular formula is C9H10ClNO2. The first-order valence-electron chi connectivity index (χ1n) is 3.86. The molecule has 0 saturated heterocycles. The van der Waals surface area contributed by atoms with Gasteiger partial charge in [0.25, 0.3) is 5.69 Å². The maximum Gasteiger partial charge on any atom is 0.274 e. The number of aryl methyl sites for hydroxylation is 2. The number of nitro groups is 1. The van der Waals surface area contributed by atoms with Crippen LogP contribution < -0.4 is 0 Å². The van der Waals surface area contributed by atoms with Crippen LogP contribution in [0.15, 0.2) is 12.1 Å². The summed E-state index contributed by atoms with van der Waals surface area (Å²) in [6, 6.07) is 3.44. The van der Waals surface area contributed by atoms with Crippen molar-refractivity contribution in [2.45, 2.75) is 19.7 Å². The molecule has 0 radical (unpaired) electrons. The molecule has 1 rings (SSSR count). The lowest BCUT2D eigenvalue weighted by Gasteiger charge is -2.04. The molecule has 0 aliphatic carbocycles. The van der Waals surface area contributed by atoms with E-state index < -0.39 is 4.92 Å². The molecule has 1 aromatic rings. The molecule has 3 nitrogen and oxygen atoms in total. The highest BCUT2D eigenvalue weighted by atomic mass is 35.5. The lowest BCUT2D eigenvalue weighted by Crippen LogP contribution is -1.97. The summed E-state index contributed by atoms with van der Waals surface area (Å²) in [7, 11) is 0. The summed E-state index contributed by atoms with van der Waals surface area (Å²) in [5.41, 5.74) is 2.49. The van der Waals surface area contributed by atoms with Crippen LogP contribution in [-0.2, 0) is 5.88 Å². The third-order valence-corrected chi connectivity index (χ3v) is 2.19. The fraction of sp³-hybridized carbons (Fsp3) is 0.333. The van der Waals surface area contributed by atoms with Crippen LogP contribution >= 0.6 is 11.6 Å². The zero-order valence-corrected chi connectivity index (χ0v) is 8.26. The lowest BCUT2D eigenvalue weighted by molar-refractivity contribution is -0.385. The largest absolute Gasteiger partial charge is 0.274 e. The van der Waals surface area contributed by atoms with E-state index in [4.69, 9.17) is 11.6 Å². The van der Waals surface area contributed by atoms with Crippen molar-refractivity contribution in [1.29, 1.82) is 0 Å². The van der Waals surface area contributed by atoms with Crippen molar-refractivity contribution in [3.8, 4) is 0 Å². The van der Waals surface area contributed by atoms with E-state index in [0.29, 0.717) is 5.56 Å². The fourth-order valence-corrected chi connectivity index (χ4v) is 1.66. The van der Waals surface area contributed by atoms with Gasteiger partial charge >= 0.3 is 0 Å². The van der Waals surface area contributed by atoms with Gasteiger partial charge in [-0.2, -0.15) is 0 Å². The second-order valence-corrected chi connectivity index (χ2v) is 3.24. The van der Waals surface area contributed by atoms with Gasteiger partial charge in [-0.3, -0.25) is 10.1 Å². The van der Waals surface area contributed by atoms with Gasteiger partial charge in [-0.25, -0.2) is 0 Å². The van der Waals surface area contributed by atoms with Crippen molar-refractivity contribution < 1.29 is 4.92 Å². The Hall–Kier alpha value is -1.09. The van der Waals surface area contributed by atoms with E-state index in [9.17, 15) is 10.1 Å². The molecule has 0 saturated carbocycles. The van der Waals surface area contributed by atoms with Crippen LogP contribution in [0.2, 0.25) is 0 Å². The van der Waals surface area contributed by atoms with Gasteiger partial charge in [0.05, 0.1) is 10.8 Å². The van der Waals surface area contributed by atoms with E-state index in [1.807, 2.05) is 19.9 Å². The van der Waals surface area contributed by atoms with Gasteiger partial charge in [-0.15, -0.1) is 11.6 Å². The van der Waals surface area contributed by atoms with Gasteiger partial charge in [0.2, 0.25) is 0 Å². The number of alkyl halides is 1. The monoisotopic (exact) mass is 199 g/mol. The van der Waals surface area contributed by atoms with Crippen LogP contribution in [-0.4, -0.2) is 4.92 Å². The molecule has 0 aliphatic heterocycles. The van der Waals surface area contributed by atoms with Crippen LogP contribution in [0.3, 0.4) is 0 Å². The zero-order valence-electron chi connectivity index (χ0n) is 7.50. The SMILES string of the molecule is Cc1cc(C)c(CCl)c([N+](=O)[O-])c1. The topological polar surface area (TPSA) is 43.1 Å². The van der Waals surface area contributed by atoms with Gasteiger partial charge in [-0.05, 0) is 25.0 Å². The fourth-order valence-electron chi connectivity index (χ4n) is 1.31. The molecule has 1 aromatic carbocycles. The number of nitro benzene ring substituents is 1. The minimum absolute atomic E-state index is 0.118. The number of halogens is 1. The van der Waals surface area contributed by atoms with E-state index in [1.165, 1.54) is 0 Å². The molecule has 0 N–H and O–H groups in total.